The first-order chi connectivity index (χ1) is 9.49. The van der Waals surface area contributed by atoms with Crippen LogP contribution in [0.1, 0.15) is 23.1 Å². The third kappa shape index (κ3) is 3.16. The van der Waals surface area contributed by atoms with Crippen LogP contribution in [-0.4, -0.2) is 21.0 Å². The van der Waals surface area contributed by atoms with Crippen molar-refractivity contribution in [3.63, 3.8) is 0 Å². The molecule has 0 unspecified atom stereocenters. The van der Waals surface area contributed by atoms with E-state index in [1.807, 2.05) is 6.92 Å². The van der Waals surface area contributed by atoms with Gasteiger partial charge in [0.25, 0.3) is 5.56 Å². The van der Waals surface area contributed by atoms with Crippen LogP contribution >= 0.6 is 11.6 Å². The number of aromatic amines is 1. The summed E-state index contributed by atoms with van der Waals surface area (Å²) in [4.78, 5) is 29.2. The number of nitrogens with zero attached hydrogens (tertiary/aromatic N) is 1. The second-order valence-corrected chi connectivity index (χ2v) is 4.37. The van der Waals surface area contributed by atoms with E-state index in [0.717, 1.165) is 6.07 Å². The third-order valence-electron chi connectivity index (χ3n) is 2.49. The molecule has 1 aromatic heterocycles. The Labute approximate surface area is 119 Å². The van der Waals surface area contributed by atoms with Gasteiger partial charge in [0.2, 0.25) is 5.88 Å². The normalized spacial score (nSPS) is 10.3. The summed E-state index contributed by atoms with van der Waals surface area (Å²) in [7, 11) is 0. The maximum Gasteiger partial charge on any atom is 0.339 e. The van der Waals surface area contributed by atoms with Crippen molar-refractivity contribution in [3.8, 4) is 11.6 Å². The molecule has 0 aliphatic rings. The van der Waals surface area contributed by atoms with Crippen LogP contribution in [0, 0.1) is 0 Å². The molecule has 0 saturated heterocycles. The molecule has 0 bridgehead atoms. The Hall–Kier alpha value is -2.34. The summed E-state index contributed by atoms with van der Waals surface area (Å²) in [6.07, 6.45) is 0.527. The number of hydrogen-bond donors (Lipinski definition) is 2. The van der Waals surface area contributed by atoms with Gasteiger partial charge in [-0.05, 0) is 18.2 Å². The Morgan fingerprint density at radius 3 is 2.85 bits per heavy atom. The molecule has 0 amide bonds. The maximum absolute atomic E-state index is 11.4. The molecule has 0 saturated carbocycles. The highest BCUT2D eigenvalue weighted by atomic mass is 35.5. The van der Waals surface area contributed by atoms with Crippen molar-refractivity contribution >= 4 is 17.6 Å². The second-order valence-electron chi connectivity index (χ2n) is 3.93. The SMILES string of the molecule is CCc1nc(Oc2ccc(Cl)cc2C(=O)O)cc(=O)[nH]1. The summed E-state index contributed by atoms with van der Waals surface area (Å²) in [5.41, 5.74) is -0.463. The number of aryl methyl sites for hydroxylation is 1. The van der Waals surface area contributed by atoms with Gasteiger partial charge in [-0.2, -0.15) is 4.98 Å². The lowest BCUT2D eigenvalue weighted by Gasteiger charge is -2.08. The van der Waals surface area contributed by atoms with E-state index in [-0.39, 0.29) is 27.8 Å². The Balaban J connectivity index is 2.42. The zero-order valence-electron chi connectivity index (χ0n) is 10.5. The van der Waals surface area contributed by atoms with Gasteiger partial charge in [-0.15, -0.1) is 0 Å². The van der Waals surface area contributed by atoms with Crippen molar-refractivity contribution in [2.45, 2.75) is 13.3 Å². The topological polar surface area (TPSA) is 92.3 Å². The highest BCUT2D eigenvalue weighted by Gasteiger charge is 2.14. The van der Waals surface area contributed by atoms with E-state index in [4.69, 9.17) is 21.4 Å². The van der Waals surface area contributed by atoms with E-state index in [0.29, 0.717) is 12.2 Å². The summed E-state index contributed by atoms with van der Waals surface area (Å²) in [5.74, 6) is -0.612. The first-order valence-corrected chi connectivity index (χ1v) is 6.18. The molecule has 1 aromatic carbocycles. The van der Waals surface area contributed by atoms with E-state index < -0.39 is 5.97 Å². The molecule has 1 heterocycles. The number of hydrogen-bond acceptors (Lipinski definition) is 4. The van der Waals surface area contributed by atoms with Crippen LogP contribution < -0.4 is 10.3 Å². The molecule has 0 aliphatic heterocycles. The standard InChI is InChI=1S/C13H11ClN2O4/c1-2-10-15-11(17)6-12(16-10)20-9-4-3-7(14)5-8(9)13(18)19/h3-6H,2H2,1H3,(H,18,19)(H,15,16,17). The summed E-state index contributed by atoms with van der Waals surface area (Å²) in [6.45, 7) is 1.83. The predicted molar refractivity (Wildman–Crippen MR) is 72.7 cm³/mol. The Morgan fingerprint density at radius 2 is 2.20 bits per heavy atom. The average molecular weight is 295 g/mol. The fraction of sp³-hybridized carbons (Fsp3) is 0.154. The highest BCUT2D eigenvalue weighted by Crippen LogP contribution is 2.26. The molecule has 0 fully saturated rings. The van der Waals surface area contributed by atoms with E-state index in [1.165, 1.54) is 18.2 Å². The number of halogens is 1. The molecule has 2 rings (SSSR count). The van der Waals surface area contributed by atoms with E-state index in [9.17, 15) is 9.59 Å². The summed E-state index contributed by atoms with van der Waals surface area (Å²) in [5, 5.41) is 9.38. The van der Waals surface area contributed by atoms with Gasteiger partial charge in [0, 0.05) is 11.4 Å². The van der Waals surface area contributed by atoms with Crippen LogP contribution in [0.3, 0.4) is 0 Å². The van der Waals surface area contributed by atoms with Gasteiger partial charge in [-0.3, -0.25) is 4.79 Å². The molecule has 0 atom stereocenters. The lowest BCUT2D eigenvalue weighted by molar-refractivity contribution is 0.0694. The van der Waals surface area contributed by atoms with Crippen LogP contribution in [-0.2, 0) is 6.42 Å². The van der Waals surface area contributed by atoms with Crippen LogP contribution in [0.5, 0.6) is 11.6 Å². The van der Waals surface area contributed by atoms with Crippen molar-refractivity contribution in [3.05, 3.63) is 51.0 Å². The van der Waals surface area contributed by atoms with E-state index in [1.54, 1.807) is 0 Å². The van der Waals surface area contributed by atoms with Gasteiger partial charge in [0.05, 0.1) is 6.07 Å². The zero-order chi connectivity index (χ0) is 14.7. The van der Waals surface area contributed by atoms with Crippen molar-refractivity contribution in [1.29, 1.82) is 0 Å². The van der Waals surface area contributed by atoms with Gasteiger partial charge in [-0.25, -0.2) is 4.79 Å². The minimum atomic E-state index is -1.18. The zero-order valence-corrected chi connectivity index (χ0v) is 11.3. The molecular weight excluding hydrogens is 284 g/mol. The first kappa shape index (κ1) is 14.1. The van der Waals surface area contributed by atoms with Crippen LogP contribution in [0.25, 0.3) is 0 Å². The Morgan fingerprint density at radius 1 is 1.45 bits per heavy atom. The number of aromatic carboxylic acids is 1. The minimum absolute atomic E-state index is 0.0374. The molecule has 6 nitrogen and oxygen atoms in total. The minimum Gasteiger partial charge on any atom is -0.478 e. The number of carbonyl (C=O) groups is 1. The Kier molecular flexibility index (Phi) is 4.05. The van der Waals surface area contributed by atoms with Gasteiger partial charge in [0.15, 0.2) is 0 Å². The number of aromatic nitrogens is 2. The van der Waals surface area contributed by atoms with Crippen LogP contribution in [0.15, 0.2) is 29.1 Å². The lowest BCUT2D eigenvalue weighted by atomic mass is 10.2. The number of H-pyrrole nitrogens is 1. The summed E-state index contributed by atoms with van der Waals surface area (Å²) >= 11 is 5.75. The van der Waals surface area contributed by atoms with Crippen molar-refractivity contribution < 1.29 is 14.6 Å². The first-order valence-electron chi connectivity index (χ1n) is 5.80. The lowest BCUT2D eigenvalue weighted by Crippen LogP contribution is -2.11. The second kappa shape index (κ2) is 5.75. The number of benzene rings is 1. The average Bonchev–Trinajstić information content (AvgIpc) is 2.40. The number of rotatable bonds is 4. The summed E-state index contributed by atoms with van der Waals surface area (Å²) < 4.78 is 5.38. The summed E-state index contributed by atoms with van der Waals surface area (Å²) in [6, 6.07) is 5.34. The smallest absolute Gasteiger partial charge is 0.339 e. The van der Waals surface area contributed by atoms with E-state index >= 15 is 0 Å². The molecule has 2 N–H and O–H groups in total. The fourth-order valence-corrected chi connectivity index (χ4v) is 1.75. The maximum atomic E-state index is 11.4. The van der Waals surface area contributed by atoms with Gasteiger partial charge >= 0.3 is 5.97 Å². The largest absolute Gasteiger partial charge is 0.478 e. The number of carboxylic acid groups (broad SMARTS) is 1. The van der Waals surface area contributed by atoms with Gasteiger partial charge < -0.3 is 14.8 Å². The number of carboxylic acids is 1. The predicted octanol–water partition coefficient (Wildman–Crippen LogP) is 2.48. The van der Waals surface area contributed by atoms with Crippen molar-refractivity contribution in [2.75, 3.05) is 0 Å². The molecule has 0 spiro atoms. The fourth-order valence-electron chi connectivity index (χ4n) is 1.57. The monoisotopic (exact) mass is 294 g/mol. The molecule has 2 aromatic rings. The van der Waals surface area contributed by atoms with Gasteiger partial charge in [0.1, 0.15) is 17.1 Å². The van der Waals surface area contributed by atoms with Crippen molar-refractivity contribution in [1.82, 2.24) is 9.97 Å². The Bertz CT molecular complexity index is 712. The molecule has 104 valence electrons. The molecule has 20 heavy (non-hydrogen) atoms. The quantitative estimate of drug-likeness (QED) is 0.903. The molecular formula is C13H11ClN2O4. The molecule has 7 heteroatoms. The van der Waals surface area contributed by atoms with Crippen LogP contribution in [0.4, 0.5) is 0 Å². The van der Waals surface area contributed by atoms with E-state index in [2.05, 4.69) is 9.97 Å². The highest BCUT2D eigenvalue weighted by molar-refractivity contribution is 6.31. The van der Waals surface area contributed by atoms with Crippen LogP contribution in [0.2, 0.25) is 5.02 Å². The van der Waals surface area contributed by atoms with Crippen molar-refractivity contribution in [2.24, 2.45) is 0 Å². The number of nitrogens with one attached hydrogen (secondary N) is 1. The number of ether oxygens (including phenoxy) is 1. The van der Waals surface area contributed by atoms with Gasteiger partial charge in [-0.1, -0.05) is 18.5 Å². The molecule has 0 radical (unpaired) electrons. The third-order valence-corrected chi connectivity index (χ3v) is 2.72. The molecule has 0 aliphatic carbocycles.